The number of benzene rings is 1. The predicted molar refractivity (Wildman–Crippen MR) is 65.7 cm³/mol. The summed E-state index contributed by atoms with van der Waals surface area (Å²) in [5.41, 5.74) is 0.875. The molecule has 1 aromatic carbocycles. The van der Waals surface area contributed by atoms with Crippen molar-refractivity contribution in [1.82, 2.24) is 14.9 Å². The van der Waals surface area contributed by atoms with Gasteiger partial charge in [-0.05, 0) is 25.0 Å². The molecule has 108 valence electrons. The van der Waals surface area contributed by atoms with Crippen LogP contribution < -0.4 is 5.32 Å². The Morgan fingerprint density at radius 2 is 2.05 bits per heavy atom. The van der Waals surface area contributed by atoms with Crippen LogP contribution in [0.2, 0.25) is 0 Å². The third kappa shape index (κ3) is 2.63. The number of alkyl halides is 3. The first-order valence-electron chi connectivity index (χ1n) is 6.38. The van der Waals surface area contributed by atoms with Gasteiger partial charge in [-0.3, -0.25) is 0 Å². The van der Waals surface area contributed by atoms with E-state index in [0.717, 1.165) is 12.8 Å². The predicted octanol–water partition coefficient (Wildman–Crippen LogP) is 3.16. The smallest absolute Gasteiger partial charge is 0.324 e. The summed E-state index contributed by atoms with van der Waals surface area (Å²) in [5.74, 6) is 0.0100. The fraction of sp³-hybridized carbons (Fsp3) is 0.462. The second-order valence-corrected chi connectivity index (χ2v) is 4.96. The summed E-state index contributed by atoms with van der Waals surface area (Å²) in [6.45, 7) is -1.10. The zero-order valence-electron chi connectivity index (χ0n) is 10.5. The van der Waals surface area contributed by atoms with Crippen LogP contribution in [0, 0.1) is 5.82 Å². The van der Waals surface area contributed by atoms with E-state index >= 15 is 0 Å². The topological polar surface area (TPSA) is 29.9 Å². The van der Waals surface area contributed by atoms with E-state index in [1.165, 1.54) is 6.07 Å². The van der Waals surface area contributed by atoms with Gasteiger partial charge in [0.05, 0.1) is 18.6 Å². The van der Waals surface area contributed by atoms with Crippen molar-refractivity contribution in [2.24, 2.45) is 0 Å². The highest BCUT2D eigenvalue weighted by atomic mass is 19.4. The highest BCUT2D eigenvalue weighted by Crippen LogP contribution is 2.39. The second kappa shape index (κ2) is 4.73. The van der Waals surface area contributed by atoms with Crippen molar-refractivity contribution in [2.45, 2.75) is 31.6 Å². The van der Waals surface area contributed by atoms with Crippen LogP contribution in [0.3, 0.4) is 0 Å². The van der Waals surface area contributed by atoms with Crippen LogP contribution in [0.25, 0.3) is 11.0 Å². The fourth-order valence-electron chi connectivity index (χ4n) is 2.31. The van der Waals surface area contributed by atoms with Gasteiger partial charge in [-0.2, -0.15) is 13.2 Å². The Morgan fingerprint density at radius 1 is 1.30 bits per heavy atom. The number of hydrogen-bond donors (Lipinski definition) is 1. The number of aromatic nitrogens is 2. The molecule has 1 heterocycles. The van der Waals surface area contributed by atoms with Crippen LogP contribution >= 0.6 is 0 Å². The molecule has 0 amide bonds. The summed E-state index contributed by atoms with van der Waals surface area (Å²) in [6.07, 6.45) is -2.36. The number of fused-ring (bicyclic) bond motifs is 1. The molecule has 0 saturated heterocycles. The quantitative estimate of drug-likeness (QED) is 0.875. The Hall–Kier alpha value is -1.63. The minimum Gasteiger partial charge on any atom is -0.324 e. The maximum absolute atomic E-state index is 13.7. The van der Waals surface area contributed by atoms with E-state index in [1.54, 1.807) is 12.1 Å². The summed E-state index contributed by atoms with van der Waals surface area (Å²) in [7, 11) is 0. The molecule has 1 aliphatic rings. The number of para-hydroxylation sites is 1. The third-order valence-corrected chi connectivity index (χ3v) is 3.26. The molecule has 7 heteroatoms. The lowest BCUT2D eigenvalue weighted by molar-refractivity contribution is -0.125. The van der Waals surface area contributed by atoms with Crippen molar-refractivity contribution < 1.29 is 17.6 Å². The van der Waals surface area contributed by atoms with Crippen molar-refractivity contribution >= 4 is 11.0 Å². The van der Waals surface area contributed by atoms with Gasteiger partial charge in [0.15, 0.2) is 5.82 Å². The summed E-state index contributed by atoms with van der Waals surface area (Å²) in [4.78, 5) is 4.15. The van der Waals surface area contributed by atoms with Gasteiger partial charge in [0.2, 0.25) is 0 Å². The lowest BCUT2D eigenvalue weighted by Gasteiger charge is -2.10. The van der Waals surface area contributed by atoms with Gasteiger partial charge in [0.1, 0.15) is 11.3 Å². The van der Waals surface area contributed by atoms with Gasteiger partial charge < -0.3 is 9.88 Å². The van der Waals surface area contributed by atoms with Gasteiger partial charge >= 0.3 is 6.18 Å². The highest BCUT2D eigenvalue weighted by Gasteiger charge is 2.30. The number of nitrogens with one attached hydrogen (secondary N) is 1. The third-order valence-electron chi connectivity index (χ3n) is 3.26. The zero-order chi connectivity index (χ0) is 14.3. The van der Waals surface area contributed by atoms with E-state index in [0.29, 0.717) is 11.3 Å². The number of nitrogens with zero attached hydrogens (tertiary/aromatic N) is 2. The maximum Gasteiger partial charge on any atom is 0.401 e. The van der Waals surface area contributed by atoms with Crippen molar-refractivity contribution in [3.8, 4) is 0 Å². The summed E-state index contributed by atoms with van der Waals surface area (Å²) in [6, 6.07) is 4.87. The number of rotatable bonds is 4. The molecule has 2 aromatic rings. The monoisotopic (exact) mass is 287 g/mol. The first kappa shape index (κ1) is 13.4. The first-order valence-corrected chi connectivity index (χ1v) is 6.38. The Morgan fingerprint density at radius 3 is 2.70 bits per heavy atom. The van der Waals surface area contributed by atoms with Gasteiger partial charge in [-0.25, -0.2) is 9.37 Å². The standard InChI is InChI=1S/C13H13F4N3/c14-9-2-1-3-10-12(9)19-11(20(10)8-4-5-8)6-18-7-13(15,16)17/h1-3,8,18H,4-7H2. The van der Waals surface area contributed by atoms with E-state index < -0.39 is 18.5 Å². The molecule has 20 heavy (non-hydrogen) atoms. The van der Waals surface area contributed by atoms with E-state index in [9.17, 15) is 17.6 Å². The molecule has 0 atom stereocenters. The van der Waals surface area contributed by atoms with Crippen molar-refractivity contribution in [3.05, 3.63) is 29.8 Å². The van der Waals surface area contributed by atoms with Crippen LogP contribution in [0.15, 0.2) is 18.2 Å². The van der Waals surface area contributed by atoms with Crippen molar-refractivity contribution in [2.75, 3.05) is 6.54 Å². The maximum atomic E-state index is 13.7. The molecule has 3 rings (SSSR count). The molecule has 3 nitrogen and oxygen atoms in total. The molecule has 0 spiro atoms. The lowest BCUT2D eigenvalue weighted by atomic mass is 10.3. The van der Waals surface area contributed by atoms with Crippen molar-refractivity contribution in [3.63, 3.8) is 0 Å². The average molecular weight is 287 g/mol. The summed E-state index contributed by atoms with van der Waals surface area (Å²) >= 11 is 0. The Bertz CT molecular complexity index is 628. The lowest BCUT2D eigenvalue weighted by Crippen LogP contribution is -2.29. The van der Waals surface area contributed by atoms with E-state index in [4.69, 9.17) is 0 Å². The minimum atomic E-state index is -4.26. The highest BCUT2D eigenvalue weighted by molar-refractivity contribution is 5.77. The van der Waals surface area contributed by atoms with E-state index in [2.05, 4.69) is 10.3 Å². The number of hydrogen-bond acceptors (Lipinski definition) is 2. The van der Waals surface area contributed by atoms with E-state index in [1.807, 2.05) is 4.57 Å². The van der Waals surface area contributed by atoms with Crippen LogP contribution in [-0.2, 0) is 6.54 Å². The molecule has 0 unspecified atom stereocenters. The van der Waals surface area contributed by atoms with Crippen LogP contribution in [-0.4, -0.2) is 22.3 Å². The molecule has 0 bridgehead atoms. The van der Waals surface area contributed by atoms with Gasteiger partial charge in [-0.1, -0.05) is 6.07 Å². The normalized spacial score (nSPS) is 16.0. The molecule has 1 aliphatic carbocycles. The molecule has 1 saturated carbocycles. The number of halogens is 4. The Labute approximate surface area is 112 Å². The summed E-state index contributed by atoms with van der Waals surface area (Å²) < 4.78 is 52.0. The van der Waals surface area contributed by atoms with Gasteiger partial charge in [0, 0.05) is 6.04 Å². The van der Waals surface area contributed by atoms with Crippen LogP contribution in [0.5, 0.6) is 0 Å². The molecule has 1 fully saturated rings. The molecule has 1 N–H and O–H groups in total. The second-order valence-electron chi connectivity index (χ2n) is 4.96. The molecule has 1 aromatic heterocycles. The SMILES string of the molecule is Fc1cccc2c1nc(CNCC(F)(F)F)n2C1CC1. The van der Waals surface area contributed by atoms with Gasteiger partial charge in [0.25, 0.3) is 0 Å². The first-order chi connectivity index (χ1) is 9.46. The fourth-order valence-corrected chi connectivity index (χ4v) is 2.31. The Balaban J connectivity index is 1.90. The molecular formula is C13H13F4N3. The largest absolute Gasteiger partial charge is 0.401 e. The minimum absolute atomic E-state index is 0.0237. The molecule has 0 radical (unpaired) electrons. The van der Waals surface area contributed by atoms with Crippen molar-refractivity contribution in [1.29, 1.82) is 0 Å². The zero-order valence-corrected chi connectivity index (χ0v) is 10.5. The molecule has 0 aliphatic heterocycles. The molecular weight excluding hydrogens is 274 g/mol. The van der Waals surface area contributed by atoms with Crippen LogP contribution in [0.4, 0.5) is 17.6 Å². The summed E-state index contributed by atoms with van der Waals surface area (Å²) in [5, 5.41) is 2.31. The average Bonchev–Trinajstić information content (AvgIpc) is 3.10. The Kier molecular flexibility index (Phi) is 3.16. The van der Waals surface area contributed by atoms with Crippen LogP contribution in [0.1, 0.15) is 24.7 Å². The number of imidazole rings is 1. The van der Waals surface area contributed by atoms with Gasteiger partial charge in [-0.15, -0.1) is 0 Å². The van der Waals surface area contributed by atoms with E-state index in [-0.39, 0.29) is 18.1 Å².